The number of aromatic nitrogens is 2. The van der Waals surface area contributed by atoms with E-state index in [0.717, 1.165) is 11.4 Å². The van der Waals surface area contributed by atoms with Crippen LogP contribution in [0.1, 0.15) is 35.8 Å². The number of nitrogens with one attached hydrogen (secondary N) is 2. The summed E-state index contributed by atoms with van der Waals surface area (Å²) in [4.78, 5) is 23.7. The molecule has 0 radical (unpaired) electrons. The molecular formula is C20H20ClN5O2. The standard InChI is InChI=1S/C20H20ClN5O2/c1-12(2)18-17(11-23-26(18)16-5-3-4-13(21)10-16)19(27)24-14-6-8-15(9-7-14)25-20(22)28/h3-12H,1-2H3,(H,24,27)(H3,22,25,28). The zero-order valence-corrected chi connectivity index (χ0v) is 16.2. The van der Waals surface area contributed by atoms with Gasteiger partial charge in [-0.25, -0.2) is 9.48 Å². The molecule has 3 amide bonds. The number of amides is 3. The normalized spacial score (nSPS) is 10.7. The number of primary amides is 1. The molecule has 0 aliphatic carbocycles. The molecule has 0 unspecified atom stereocenters. The molecule has 1 heterocycles. The zero-order valence-electron chi connectivity index (χ0n) is 15.4. The largest absolute Gasteiger partial charge is 0.351 e. The van der Waals surface area contributed by atoms with Gasteiger partial charge in [-0.2, -0.15) is 5.10 Å². The van der Waals surface area contributed by atoms with Crippen molar-refractivity contribution >= 4 is 34.9 Å². The number of carbonyl (C=O) groups excluding carboxylic acids is 2. The van der Waals surface area contributed by atoms with Crippen molar-refractivity contribution in [3.8, 4) is 5.69 Å². The van der Waals surface area contributed by atoms with E-state index in [-0.39, 0.29) is 11.8 Å². The maximum absolute atomic E-state index is 12.8. The van der Waals surface area contributed by atoms with E-state index in [4.69, 9.17) is 17.3 Å². The second-order valence-corrected chi connectivity index (χ2v) is 6.95. The molecule has 8 heteroatoms. The van der Waals surface area contributed by atoms with Crippen LogP contribution in [-0.2, 0) is 0 Å². The fraction of sp³-hybridized carbons (Fsp3) is 0.150. The van der Waals surface area contributed by atoms with Crippen LogP contribution < -0.4 is 16.4 Å². The van der Waals surface area contributed by atoms with Gasteiger partial charge in [0.25, 0.3) is 5.91 Å². The second-order valence-electron chi connectivity index (χ2n) is 6.51. The first kappa shape index (κ1) is 19.4. The van der Waals surface area contributed by atoms with Crippen molar-refractivity contribution in [1.82, 2.24) is 9.78 Å². The summed E-state index contributed by atoms with van der Waals surface area (Å²) in [5, 5.41) is 10.3. The van der Waals surface area contributed by atoms with Crippen LogP contribution in [0, 0.1) is 0 Å². The Morgan fingerprint density at radius 1 is 1.07 bits per heavy atom. The lowest BCUT2D eigenvalue weighted by atomic mass is 10.0. The minimum atomic E-state index is -0.646. The van der Waals surface area contributed by atoms with Crippen molar-refractivity contribution in [3.05, 3.63) is 71.0 Å². The molecule has 7 nitrogen and oxygen atoms in total. The van der Waals surface area contributed by atoms with Gasteiger partial charge in [0, 0.05) is 16.4 Å². The van der Waals surface area contributed by atoms with E-state index in [0.29, 0.717) is 22.0 Å². The van der Waals surface area contributed by atoms with Gasteiger partial charge in [0.05, 0.1) is 23.1 Å². The topological polar surface area (TPSA) is 102 Å². The Morgan fingerprint density at radius 3 is 2.29 bits per heavy atom. The molecule has 0 spiro atoms. The molecule has 28 heavy (non-hydrogen) atoms. The van der Waals surface area contributed by atoms with E-state index in [1.165, 1.54) is 0 Å². The third-order valence-corrected chi connectivity index (χ3v) is 4.30. The van der Waals surface area contributed by atoms with Gasteiger partial charge in [-0.1, -0.05) is 31.5 Å². The van der Waals surface area contributed by atoms with Crippen LogP contribution in [0.25, 0.3) is 5.69 Å². The SMILES string of the molecule is CC(C)c1c(C(=O)Nc2ccc(NC(N)=O)cc2)cnn1-c1cccc(Cl)c1. The number of urea groups is 1. The molecule has 0 bridgehead atoms. The van der Waals surface area contributed by atoms with E-state index in [1.807, 2.05) is 26.0 Å². The summed E-state index contributed by atoms with van der Waals surface area (Å²) in [6, 6.07) is 13.3. The lowest BCUT2D eigenvalue weighted by Gasteiger charge is -2.13. The number of benzene rings is 2. The lowest BCUT2D eigenvalue weighted by Crippen LogP contribution is -2.19. The Hall–Kier alpha value is -3.32. The summed E-state index contributed by atoms with van der Waals surface area (Å²) in [7, 11) is 0. The van der Waals surface area contributed by atoms with Crippen LogP contribution in [0.4, 0.5) is 16.2 Å². The van der Waals surface area contributed by atoms with Crippen LogP contribution in [0.3, 0.4) is 0 Å². The first-order valence-corrected chi connectivity index (χ1v) is 9.04. The summed E-state index contributed by atoms with van der Waals surface area (Å²) in [5.74, 6) is -0.211. The fourth-order valence-electron chi connectivity index (χ4n) is 2.88. The average Bonchev–Trinajstić information content (AvgIpc) is 3.08. The van der Waals surface area contributed by atoms with Gasteiger partial charge in [0.2, 0.25) is 0 Å². The molecule has 0 fully saturated rings. The predicted molar refractivity (Wildman–Crippen MR) is 110 cm³/mol. The second kappa shape index (κ2) is 8.14. The van der Waals surface area contributed by atoms with Crippen LogP contribution in [0.5, 0.6) is 0 Å². The maximum atomic E-state index is 12.8. The van der Waals surface area contributed by atoms with E-state index in [2.05, 4.69) is 15.7 Å². The van der Waals surface area contributed by atoms with Gasteiger partial charge in [0.15, 0.2) is 0 Å². The van der Waals surface area contributed by atoms with Crippen molar-refractivity contribution in [2.75, 3.05) is 10.6 Å². The molecule has 3 aromatic rings. The lowest BCUT2D eigenvalue weighted by molar-refractivity contribution is 0.102. The molecule has 2 aromatic carbocycles. The Balaban J connectivity index is 1.87. The van der Waals surface area contributed by atoms with Gasteiger partial charge in [-0.05, 0) is 48.4 Å². The van der Waals surface area contributed by atoms with Gasteiger partial charge < -0.3 is 16.4 Å². The maximum Gasteiger partial charge on any atom is 0.316 e. The predicted octanol–water partition coefficient (Wildman–Crippen LogP) is 4.39. The minimum absolute atomic E-state index is 0.0596. The van der Waals surface area contributed by atoms with E-state index >= 15 is 0 Å². The fourth-order valence-corrected chi connectivity index (χ4v) is 3.06. The van der Waals surface area contributed by atoms with Gasteiger partial charge in [0.1, 0.15) is 0 Å². The minimum Gasteiger partial charge on any atom is -0.351 e. The van der Waals surface area contributed by atoms with Crippen molar-refractivity contribution in [2.45, 2.75) is 19.8 Å². The number of nitrogens with two attached hydrogens (primary N) is 1. The molecule has 1 aromatic heterocycles. The van der Waals surface area contributed by atoms with Crippen molar-refractivity contribution in [2.24, 2.45) is 5.73 Å². The Morgan fingerprint density at radius 2 is 1.71 bits per heavy atom. The van der Waals surface area contributed by atoms with Crippen LogP contribution in [0.15, 0.2) is 54.7 Å². The van der Waals surface area contributed by atoms with Gasteiger partial charge in [-0.15, -0.1) is 0 Å². The summed E-state index contributed by atoms with van der Waals surface area (Å²) in [5.41, 5.74) is 8.27. The summed E-state index contributed by atoms with van der Waals surface area (Å²) in [6.45, 7) is 4.00. The Bertz CT molecular complexity index is 1010. The summed E-state index contributed by atoms with van der Waals surface area (Å²) < 4.78 is 1.73. The monoisotopic (exact) mass is 397 g/mol. The number of carbonyl (C=O) groups is 2. The number of nitrogens with zero attached hydrogens (tertiary/aromatic N) is 2. The highest BCUT2D eigenvalue weighted by atomic mass is 35.5. The molecule has 0 atom stereocenters. The molecule has 0 saturated carbocycles. The highest BCUT2D eigenvalue weighted by Gasteiger charge is 2.21. The first-order chi connectivity index (χ1) is 13.3. The number of anilines is 2. The van der Waals surface area contributed by atoms with E-state index in [1.54, 1.807) is 47.3 Å². The Labute approximate surface area is 167 Å². The van der Waals surface area contributed by atoms with Gasteiger partial charge >= 0.3 is 6.03 Å². The highest BCUT2D eigenvalue weighted by molar-refractivity contribution is 6.30. The first-order valence-electron chi connectivity index (χ1n) is 8.67. The molecule has 3 rings (SSSR count). The number of halogens is 1. The Kier molecular flexibility index (Phi) is 5.65. The van der Waals surface area contributed by atoms with Crippen LogP contribution >= 0.6 is 11.6 Å². The van der Waals surface area contributed by atoms with E-state index in [9.17, 15) is 9.59 Å². The summed E-state index contributed by atoms with van der Waals surface area (Å²) >= 11 is 6.09. The molecule has 0 aliphatic rings. The van der Waals surface area contributed by atoms with Crippen molar-refractivity contribution in [3.63, 3.8) is 0 Å². The quantitative estimate of drug-likeness (QED) is 0.594. The molecule has 144 valence electrons. The van der Waals surface area contributed by atoms with Gasteiger partial charge in [-0.3, -0.25) is 4.79 Å². The van der Waals surface area contributed by atoms with Crippen LogP contribution in [0.2, 0.25) is 5.02 Å². The molecule has 0 saturated heterocycles. The van der Waals surface area contributed by atoms with E-state index < -0.39 is 6.03 Å². The number of hydrogen-bond acceptors (Lipinski definition) is 3. The highest BCUT2D eigenvalue weighted by Crippen LogP contribution is 2.25. The molecular weight excluding hydrogens is 378 g/mol. The number of hydrogen-bond donors (Lipinski definition) is 3. The third-order valence-electron chi connectivity index (χ3n) is 4.06. The molecule has 0 aliphatic heterocycles. The van der Waals surface area contributed by atoms with Crippen molar-refractivity contribution < 1.29 is 9.59 Å². The third kappa shape index (κ3) is 4.32. The van der Waals surface area contributed by atoms with Crippen LogP contribution in [-0.4, -0.2) is 21.7 Å². The smallest absolute Gasteiger partial charge is 0.316 e. The average molecular weight is 398 g/mol. The molecule has 4 N–H and O–H groups in total. The van der Waals surface area contributed by atoms with Crippen molar-refractivity contribution in [1.29, 1.82) is 0 Å². The number of rotatable bonds is 5. The summed E-state index contributed by atoms with van der Waals surface area (Å²) in [6.07, 6.45) is 1.55. The zero-order chi connectivity index (χ0) is 20.3.